The second-order valence-corrected chi connectivity index (χ2v) is 12.5. The van der Waals surface area contributed by atoms with Gasteiger partial charge in [0.1, 0.15) is 0 Å². The van der Waals surface area contributed by atoms with E-state index in [1.807, 2.05) is 0 Å². The van der Waals surface area contributed by atoms with Gasteiger partial charge in [0.05, 0.1) is 27.8 Å². The summed E-state index contributed by atoms with van der Waals surface area (Å²) in [5.74, 6) is 0. The van der Waals surface area contributed by atoms with Crippen LogP contribution in [0.5, 0.6) is 0 Å². The molecule has 0 N–H and O–H groups in total. The third-order valence-electron chi connectivity index (χ3n) is 9.93. The summed E-state index contributed by atoms with van der Waals surface area (Å²) in [5.41, 5.74) is 12.1. The molecule has 48 heavy (non-hydrogen) atoms. The molecule has 0 spiro atoms. The first-order chi connectivity index (χ1) is 23.8. The molecule has 0 unspecified atom stereocenters. The van der Waals surface area contributed by atoms with Crippen LogP contribution < -0.4 is 0 Å². The van der Waals surface area contributed by atoms with Crippen molar-refractivity contribution in [2.45, 2.75) is 0 Å². The van der Waals surface area contributed by atoms with Gasteiger partial charge < -0.3 is 9.13 Å². The van der Waals surface area contributed by atoms with Gasteiger partial charge >= 0.3 is 0 Å². The summed E-state index contributed by atoms with van der Waals surface area (Å²) in [5, 5.41) is 7.56. The highest BCUT2D eigenvalue weighted by Crippen LogP contribution is 2.43. The van der Waals surface area contributed by atoms with Crippen molar-refractivity contribution in [2.24, 2.45) is 0 Å². The number of hydrogen-bond acceptors (Lipinski definition) is 0. The molecular weight excluding hydrogens is 581 g/mol. The smallest absolute Gasteiger partial charge is 0.0641 e. The van der Waals surface area contributed by atoms with Crippen molar-refractivity contribution in [2.75, 3.05) is 0 Å². The number of rotatable bonds is 4. The minimum Gasteiger partial charge on any atom is -0.309 e. The van der Waals surface area contributed by atoms with Crippen molar-refractivity contribution in [3.63, 3.8) is 0 Å². The molecule has 0 aliphatic heterocycles. The fraction of sp³-hybridized carbons (Fsp3) is 0. The Kier molecular flexibility index (Phi) is 5.91. The molecule has 8 aromatic carbocycles. The normalized spacial score (nSPS) is 11.8. The summed E-state index contributed by atoms with van der Waals surface area (Å²) >= 11 is 0. The summed E-state index contributed by atoms with van der Waals surface area (Å²) in [7, 11) is 0. The van der Waals surface area contributed by atoms with Gasteiger partial charge in [0.25, 0.3) is 0 Å². The molecule has 224 valence electrons. The molecule has 0 amide bonds. The van der Waals surface area contributed by atoms with Crippen molar-refractivity contribution >= 4 is 54.4 Å². The Morgan fingerprint density at radius 1 is 0.312 bits per heavy atom. The summed E-state index contributed by atoms with van der Waals surface area (Å²) < 4.78 is 4.93. The lowest BCUT2D eigenvalue weighted by Crippen LogP contribution is -1.97. The Labute approximate surface area is 278 Å². The first-order valence-electron chi connectivity index (χ1n) is 16.5. The van der Waals surface area contributed by atoms with Crippen LogP contribution in [0.4, 0.5) is 0 Å². The Morgan fingerprint density at radius 3 is 1.75 bits per heavy atom. The first-order valence-corrected chi connectivity index (χ1v) is 16.5. The van der Waals surface area contributed by atoms with Gasteiger partial charge in [-0.2, -0.15) is 0 Å². The quantitative estimate of drug-likeness (QED) is 0.188. The molecule has 2 nitrogen and oxygen atoms in total. The van der Waals surface area contributed by atoms with Crippen LogP contribution in [0.15, 0.2) is 182 Å². The molecule has 0 bridgehead atoms. The van der Waals surface area contributed by atoms with Gasteiger partial charge in [-0.25, -0.2) is 0 Å². The predicted molar refractivity (Wildman–Crippen MR) is 203 cm³/mol. The third kappa shape index (κ3) is 3.93. The monoisotopic (exact) mass is 610 g/mol. The molecule has 10 rings (SSSR count). The summed E-state index contributed by atoms with van der Waals surface area (Å²) in [6.45, 7) is 0. The summed E-state index contributed by atoms with van der Waals surface area (Å²) in [4.78, 5) is 0. The highest BCUT2D eigenvalue weighted by Gasteiger charge is 2.21. The minimum atomic E-state index is 1.15. The molecule has 2 heteroatoms. The largest absolute Gasteiger partial charge is 0.309 e. The lowest BCUT2D eigenvalue weighted by Gasteiger charge is -2.14. The molecule has 0 radical (unpaired) electrons. The summed E-state index contributed by atoms with van der Waals surface area (Å²) in [6, 6.07) is 66.1. The van der Waals surface area contributed by atoms with Gasteiger partial charge in [-0.05, 0) is 63.9 Å². The fourth-order valence-electron chi connectivity index (χ4n) is 7.83. The van der Waals surface area contributed by atoms with E-state index in [1.54, 1.807) is 0 Å². The number of para-hydroxylation sites is 3. The first kappa shape index (κ1) is 26.8. The number of benzene rings is 8. The van der Waals surface area contributed by atoms with E-state index in [4.69, 9.17) is 0 Å². The van der Waals surface area contributed by atoms with Crippen molar-refractivity contribution in [3.8, 4) is 33.6 Å². The van der Waals surface area contributed by atoms with Gasteiger partial charge in [0, 0.05) is 32.8 Å². The van der Waals surface area contributed by atoms with Crippen LogP contribution in [0, 0.1) is 0 Å². The van der Waals surface area contributed by atoms with Crippen molar-refractivity contribution in [1.29, 1.82) is 0 Å². The number of nitrogens with zero attached hydrogens (tertiary/aromatic N) is 2. The number of hydrogen-bond donors (Lipinski definition) is 0. The Hall–Kier alpha value is -6.38. The maximum Gasteiger partial charge on any atom is 0.0641 e. The van der Waals surface area contributed by atoms with Crippen LogP contribution in [0.25, 0.3) is 88.0 Å². The molecule has 0 saturated carbocycles. The molecule has 0 atom stereocenters. The molecule has 10 aromatic rings. The molecule has 0 aliphatic carbocycles. The SMILES string of the molecule is c1ccc(-c2ccccc2-n2c3ccccc3c3c2ccc2c4ccccc4n(-c4ccc(-c5cccc6ccccc56)cc4)c23)cc1. The van der Waals surface area contributed by atoms with Crippen molar-refractivity contribution in [3.05, 3.63) is 182 Å². The highest BCUT2D eigenvalue weighted by atomic mass is 15.0. The average Bonchev–Trinajstić information content (AvgIpc) is 3.68. The van der Waals surface area contributed by atoms with E-state index in [0.717, 1.165) is 5.69 Å². The van der Waals surface area contributed by atoms with Crippen LogP contribution in [0.2, 0.25) is 0 Å². The van der Waals surface area contributed by atoms with Crippen LogP contribution in [0.3, 0.4) is 0 Å². The van der Waals surface area contributed by atoms with Crippen LogP contribution in [-0.2, 0) is 0 Å². The van der Waals surface area contributed by atoms with Gasteiger partial charge in [-0.1, -0.05) is 146 Å². The van der Waals surface area contributed by atoms with E-state index in [0.29, 0.717) is 0 Å². The zero-order valence-corrected chi connectivity index (χ0v) is 26.2. The van der Waals surface area contributed by atoms with Crippen molar-refractivity contribution < 1.29 is 0 Å². The average molecular weight is 611 g/mol. The van der Waals surface area contributed by atoms with E-state index < -0.39 is 0 Å². The van der Waals surface area contributed by atoms with E-state index in [2.05, 4.69) is 191 Å². The van der Waals surface area contributed by atoms with E-state index in [9.17, 15) is 0 Å². The highest BCUT2D eigenvalue weighted by molar-refractivity contribution is 6.26. The Balaban J connectivity index is 1.27. The molecule has 0 saturated heterocycles. The Morgan fingerprint density at radius 2 is 0.917 bits per heavy atom. The van der Waals surface area contributed by atoms with Crippen molar-refractivity contribution in [1.82, 2.24) is 9.13 Å². The van der Waals surface area contributed by atoms with Gasteiger partial charge in [-0.3, -0.25) is 0 Å². The van der Waals surface area contributed by atoms with Crippen LogP contribution in [-0.4, -0.2) is 9.13 Å². The lowest BCUT2D eigenvalue weighted by atomic mass is 9.98. The minimum absolute atomic E-state index is 1.15. The summed E-state index contributed by atoms with van der Waals surface area (Å²) in [6.07, 6.45) is 0. The Bertz CT molecular complexity index is 2810. The second-order valence-electron chi connectivity index (χ2n) is 12.5. The maximum absolute atomic E-state index is 2.47. The lowest BCUT2D eigenvalue weighted by molar-refractivity contribution is 1.17. The molecule has 2 aromatic heterocycles. The molecular formula is C46H30N2. The zero-order valence-electron chi connectivity index (χ0n) is 26.2. The number of fused-ring (bicyclic) bond motifs is 8. The van der Waals surface area contributed by atoms with E-state index in [-0.39, 0.29) is 0 Å². The number of aromatic nitrogens is 2. The topological polar surface area (TPSA) is 9.86 Å². The second kappa shape index (κ2) is 10.6. The van der Waals surface area contributed by atoms with Gasteiger partial charge in [-0.15, -0.1) is 0 Å². The fourth-order valence-corrected chi connectivity index (χ4v) is 7.83. The van der Waals surface area contributed by atoms with Gasteiger partial charge in [0.2, 0.25) is 0 Å². The van der Waals surface area contributed by atoms with E-state index >= 15 is 0 Å². The zero-order chi connectivity index (χ0) is 31.6. The molecule has 0 aliphatic rings. The van der Waals surface area contributed by atoms with Crippen LogP contribution >= 0.6 is 0 Å². The van der Waals surface area contributed by atoms with Crippen LogP contribution in [0.1, 0.15) is 0 Å². The molecule has 2 heterocycles. The maximum atomic E-state index is 2.47. The predicted octanol–water partition coefficient (Wildman–Crippen LogP) is 12.4. The standard InChI is InChI=1S/C46H30N2/c1-2-13-32(14-3-1)37-18-6-9-22-41(37)48-43-24-11-8-20-40(43)45-44(48)30-29-39-38-19-7-10-23-42(38)47(46(39)45)34-27-25-33(26-28-34)36-21-12-16-31-15-4-5-17-35(31)36/h1-30H. The van der Waals surface area contributed by atoms with Gasteiger partial charge in [0.15, 0.2) is 0 Å². The molecule has 0 fully saturated rings. The van der Waals surface area contributed by atoms with E-state index in [1.165, 1.54) is 82.3 Å². The third-order valence-corrected chi connectivity index (χ3v) is 9.93.